The molecule has 1 N–H and O–H groups in total. The van der Waals surface area contributed by atoms with Crippen LogP contribution in [0.3, 0.4) is 0 Å². The number of rotatable bonds is 4. The number of nitrogens with zero attached hydrogens (tertiary/aromatic N) is 2. The van der Waals surface area contributed by atoms with Crippen LogP contribution >= 0.6 is 0 Å². The minimum absolute atomic E-state index is 0.146. The number of hydrogen-bond acceptors (Lipinski definition) is 3. The molecule has 1 aliphatic heterocycles. The van der Waals surface area contributed by atoms with Crippen molar-refractivity contribution in [2.45, 2.75) is 45.3 Å². The molecular weight excluding hydrogens is 261 g/mol. The second-order valence-electron chi connectivity index (χ2n) is 5.01. The highest BCUT2D eigenvalue weighted by molar-refractivity contribution is 5.96. The molecule has 2 heterocycles. The van der Waals surface area contributed by atoms with E-state index >= 15 is 0 Å². The summed E-state index contributed by atoms with van der Waals surface area (Å²) in [4.78, 5) is 29.5. The SMILES string of the molecule is CCCC1C(=O)NC(C)C(=O)N1Cc1cncc(F)c1. The van der Waals surface area contributed by atoms with Gasteiger partial charge in [0.25, 0.3) is 0 Å². The summed E-state index contributed by atoms with van der Waals surface area (Å²) in [5, 5.41) is 2.67. The Morgan fingerprint density at radius 3 is 2.80 bits per heavy atom. The first-order valence-corrected chi connectivity index (χ1v) is 6.73. The summed E-state index contributed by atoms with van der Waals surface area (Å²) in [6, 6.07) is 0.296. The molecule has 108 valence electrons. The van der Waals surface area contributed by atoms with E-state index in [-0.39, 0.29) is 18.4 Å². The third-order valence-electron chi connectivity index (χ3n) is 3.37. The first-order valence-electron chi connectivity index (χ1n) is 6.73. The van der Waals surface area contributed by atoms with Crippen LogP contribution in [-0.2, 0) is 16.1 Å². The number of amides is 2. The van der Waals surface area contributed by atoms with Crippen LogP contribution < -0.4 is 5.32 Å². The van der Waals surface area contributed by atoms with Crippen LogP contribution in [0.5, 0.6) is 0 Å². The number of nitrogens with one attached hydrogen (secondary N) is 1. The maximum absolute atomic E-state index is 13.2. The highest BCUT2D eigenvalue weighted by Crippen LogP contribution is 2.18. The third-order valence-corrected chi connectivity index (χ3v) is 3.37. The van der Waals surface area contributed by atoms with Gasteiger partial charge in [0.1, 0.15) is 17.9 Å². The van der Waals surface area contributed by atoms with E-state index in [1.54, 1.807) is 6.92 Å². The monoisotopic (exact) mass is 279 g/mol. The van der Waals surface area contributed by atoms with E-state index in [4.69, 9.17) is 0 Å². The van der Waals surface area contributed by atoms with Crippen molar-refractivity contribution in [1.29, 1.82) is 0 Å². The Morgan fingerprint density at radius 1 is 1.40 bits per heavy atom. The quantitative estimate of drug-likeness (QED) is 0.902. The summed E-state index contributed by atoms with van der Waals surface area (Å²) in [6.07, 6.45) is 4.00. The molecule has 2 amide bonds. The van der Waals surface area contributed by atoms with E-state index in [0.717, 1.165) is 12.6 Å². The standard InChI is InChI=1S/C14H18FN3O2/c1-3-4-12-13(19)17-9(2)14(20)18(12)8-10-5-11(15)7-16-6-10/h5-7,9,12H,3-4,8H2,1-2H3,(H,17,19). The van der Waals surface area contributed by atoms with Crippen molar-refractivity contribution in [1.82, 2.24) is 15.2 Å². The molecule has 0 aromatic carbocycles. The zero-order chi connectivity index (χ0) is 14.7. The van der Waals surface area contributed by atoms with Gasteiger partial charge in [-0.2, -0.15) is 0 Å². The largest absolute Gasteiger partial charge is 0.343 e. The molecule has 0 radical (unpaired) electrons. The van der Waals surface area contributed by atoms with E-state index in [0.29, 0.717) is 12.0 Å². The second-order valence-corrected chi connectivity index (χ2v) is 5.01. The predicted octanol–water partition coefficient (Wildman–Crippen LogP) is 1.24. The summed E-state index contributed by atoms with van der Waals surface area (Å²) in [7, 11) is 0. The van der Waals surface area contributed by atoms with E-state index < -0.39 is 17.9 Å². The Morgan fingerprint density at radius 2 is 2.15 bits per heavy atom. The van der Waals surface area contributed by atoms with E-state index in [2.05, 4.69) is 10.3 Å². The lowest BCUT2D eigenvalue weighted by molar-refractivity contribution is -0.149. The van der Waals surface area contributed by atoms with Crippen LogP contribution in [0.25, 0.3) is 0 Å². The predicted molar refractivity (Wildman–Crippen MR) is 71.0 cm³/mol. The molecule has 0 aliphatic carbocycles. The number of piperazine rings is 1. The number of pyridine rings is 1. The number of carbonyl (C=O) groups excluding carboxylic acids is 2. The summed E-state index contributed by atoms with van der Waals surface area (Å²) in [5.74, 6) is -0.743. The third kappa shape index (κ3) is 2.95. The number of hydrogen-bond donors (Lipinski definition) is 1. The van der Waals surface area contributed by atoms with Crippen molar-refractivity contribution in [2.75, 3.05) is 0 Å². The number of carbonyl (C=O) groups is 2. The Balaban J connectivity index is 2.23. The maximum atomic E-state index is 13.2. The van der Waals surface area contributed by atoms with Crippen LogP contribution in [0, 0.1) is 5.82 Å². The molecule has 2 atom stereocenters. The van der Waals surface area contributed by atoms with Crippen molar-refractivity contribution in [2.24, 2.45) is 0 Å². The van der Waals surface area contributed by atoms with Gasteiger partial charge in [0.2, 0.25) is 11.8 Å². The summed E-state index contributed by atoms with van der Waals surface area (Å²) >= 11 is 0. The lowest BCUT2D eigenvalue weighted by Crippen LogP contribution is -2.61. The molecule has 0 spiro atoms. The minimum atomic E-state index is -0.544. The lowest BCUT2D eigenvalue weighted by Gasteiger charge is -2.38. The molecule has 2 unspecified atom stereocenters. The normalized spacial score (nSPS) is 22.9. The Kier molecular flexibility index (Phi) is 4.32. The van der Waals surface area contributed by atoms with Crippen LogP contribution in [0.4, 0.5) is 4.39 Å². The zero-order valence-corrected chi connectivity index (χ0v) is 11.6. The van der Waals surface area contributed by atoms with Gasteiger partial charge < -0.3 is 10.2 Å². The Bertz CT molecular complexity index is 521. The summed E-state index contributed by atoms with van der Waals surface area (Å²) in [6.45, 7) is 3.81. The molecule has 0 bridgehead atoms. The number of aromatic nitrogens is 1. The van der Waals surface area contributed by atoms with E-state index in [9.17, 15) is 14.0 Å². The fourth-order valence-electron chi connectivity index (χ4n) is 2.40. The van der Waals surface area contributed by atoms with Crippen molar-refractivity contribution in [3.05, 3.63) is 29.8 Å². The van der Waals surface area contributed by atoms with Gasteiger partial charge in [-0.3, -0.25) is 14.6 Å². The van der Waals surface area contributed by atoms with Crippen LogP contribution in [0.1, 0.15) is 32.3 Å². The van der Waals surface area contributed by atoms with E-state index in [1.807, 2.05) is 6.92 Å². The highest BCUT2D eigenvalue weighted by atomic mass is 19.1. The van der Waals surface area contributed by atoms with Gasteiger partial charge in [-0.25, -0.2) is 4.39 Å². The van der Waals surface area contributed by atoms with Crippen LogP contribution in [0.2, 0.25) is 0 Å². The molecule has 5 nitrogen and oxygen atoms in total. The van der Waals surface area contributed by atoms with E-state index in [1.165, 1.54) is 17.2 Å². The molecule has 1 aliphatic rings. The van der Waals surface area contributed by atoms with Crippen LogP contribution in [0.15, 0.2) is 18.5 Å². The van der Waals surface area contributed by atoms with Crippen molar-refractivity contribution >= 4 is 11.8 Å². The van der Waals surface area contributed by atoms with Gasteiger partial charge in [-0.1, -0.05) is 13.3 Å². The van der Waals surface area contributed by atoms with Gasteiger partial charge in [-0.15, -0.1) is 0 Å². The van der Waals surface area contributed by atoms with Crippen molar-refractivity contribution in [3.63, 3.8) is 0 Å². The zero-order valence-electron chi connectivity index (χ0n) is 11.6. The van der Waals surface area contributed by atoms with Gasteiger partial charge in [0.05, 0.1) is 6.20 Å². The average molecular weight is 279 g/mol. The first-order chi connectivity index (χ1) is 9.52. The highest BCUT2D eigenvalue weighted by Gasteiger charge is 2.37. The fraction of sp³-hybridized carbons (Fsp3) is 0.500. The first kappa shape index (κ1) is 14.4. The second kappa shape index (κ2) is 5.98. The molecule has 1 aromatic rings. The molecule has 6 heteroatoms. The molecule has 1 fully saturated rings. The van der Waals surface area contributed by atoms with Gasteiger partial charge in [-0.05, 0) is 25.0 Å². The van der Waals surface area contributed by atoms with Crippen LogP contribution in [-0.4, -0.2) is 33.8 Å². The molecule has 1 saturated heterocycles. The molecular formula is C14H18FN3O2. The number of halogens is 1. The van der Waals surface area contributed by atoms with Crippen molar-refractivity contribution in [3.8, 4) is 0 Å². The fourth-order valence-corrected chi connectivity index (χ4v) is 2.40. The molecule has 1 aromatic heterocycles. The van der Waals surface area contributed by atoms with Gasteiger partial charge in [0.15, 0.2) is 0 Å². The smallest absolute Gasteiger partial charge is 0.245 e. The van der Waals surface area contributed by atoms with Gasteiger partial charge >= 0.3 is 0 Å². The maximum Gasteiger partial charge on any atom is 0.245 e. The summed E-state index contributed by atoms with van der Waals surface area (Å²) < 4.78 is 13.2. The Hall–Kier alpha value is -1.98. The van der Waals surface area contributed by atoms with Crippen molar-refractivity contribution < 1.29 is 14.0 Å². The topological polar surface area (TPSA) is 62.3 Å². The summed E-state index contributed by atoms with van der Waals surface area (Å²) in [5.41, 5.74) is 0.585. The molecule has 2 rings (SSSR count). The van der Waals surface area contributed by atoms with Gasteiger partial charge in [0, 0.05) is 12.7 Å². The minimum Gasteiger partial charge on any atom is -0.343 e. The Labute approximate surface area is 117 Å². The molecule has 20 heavy (non-hydrogen) atoms. The average Bonchev–Trinajstić information content (AvgIpc) is 2.40. The molecule has 0 saturated carbocycles. The lowest BCUT2D eigenvalue weighted by atomic mass is 10.0.